The molecule has 0 radical (unpaired) electrons. The Labute approximate surface area is 102 Å². The van der Waals surface area contributed by atoms with E-state index < -0.39 is 6.16 Å². The molecule has 0 saturated heterocycles. The monoisotopic (exact) mass is 316 g/mol. The standard InChI is InChI=1S/C11H9IO3/c1-9-5-2-3-6-10(9)15-11(13)14-8-4-7-12/h2-3,5-6H,8H2,1H3. The third-order valence-corrected chi connectivity index (χ3v) is 2.00. The molecule has 0 saturated carbocycles. The van der Waals surface area contributed by atoms with Crippen molar-refractivity contribution in [1.29, 1.82) is 0 Å². The molecule has 0 N–H and O–H groups in total. The van der Waals surface area contributed by atoms with E-state index in [1.807, 2.05) is 41.6 Å². The number of benzene rings is 1. The third-order valence-electron chi connectivity index (χ3n) is 1.62. The molecule has 1 rings (SSSR count). The van der Waals surface area contributed by atoms with Gasteiger partial charge in [-0.1, -0.05) is 24.1 Å². The van der Waals surface area contributed by atoms with Gasteiger partial charge in [-0.15, -0.1) is 0 Å². The van der Waals surface area contributed by atoms with Crippen molar-refractivity contribution in [3.63, 3.8) is 0 Å². The maximum absolute atomic E-state index is 11.1. The van der Waals surface area contributed by atoms with E-state index in [4.69, 9.17) is 9.47 Å². The van der Waals surface area contributed by atoms with Gasteiger partial charge in [0.15, 0.2) is 6.61 Å². The van der Waals surface area contributed by atoms with Crippen molar-refractivity contribution >= 4 is 28.7 Å². The smallest absolute Gasteiger partial charge is 0.421 e. The van der Waals surface area contributed by atoms with E-state index in [0.717, 1.165) is 5.56 Å². The van der Waals surface area contributed by atoms with Crippen molar-refractivity contribution in [3.8, 4) is 15.6 Å². The highest BCUT2D eigenvalue weighted by molar-refractivity contribution is 14.1. The number of hydrogen-bond acceptors (Lipinski definition) is 3. The van der Waals surface area contributed by atoms with E-state index in [2.05, 4.69) is 9.85 Å². The Hall–Kier alpha value is -1.22. The van der Waals surface area contributed by atoms with Crippen molar-refractivity contribution in [2.75, 3.05) is 6.61 Å². The second-order valence-corrected chi connectivity index (χ2v) is 3.22. The number of hydrogen-bond donors (Lipinski definition) is 0. The number of halogens is 1. The molecule has 0 atom stereocenters. The minimum atomic E-state index is -0.733. The predicted octanol–water partition coefficient (Wildman–Crippen LogP) is 2.91. The van der Waals surface area contributed by atoms with Crippen LogP contribution in [-0.2, 0) is 4.74 Å². The van der Waals surface area contributed by atoms with Crippen LogP contribution in [0.1, 0.15) is 5.56 Å². The summed E-state index contributed by atoms with van der Waals surface area (Å²) in [7, 11) is 0. The number of aryl methyl sites for hydroxylation is 1. The molecule has 15 heavy (non-hydrogen) atoms. The summed E-state index contributed by atoms with van der Waals surface area (Å²) in [6.07, 6.45) is -0.733. The molecule has 0 spiro atoms. The summed E-state index contributed by atoms with van der Waals surface area (Å²) in [6, 6.07) is 7.23. The van der Waals surface area contributed by atoms with Crippen LogP contribution in [0.5, 0.6) is 5.75 Å². The molecular weight excluding hydrogens is 307 g/mol. The zero-order valence-corrected chi connectivity index (χ0v) is 10.3. The van der Waals surface area contributed by atoms with Gasteiger partial charge in [0, 0.05) is 22.6 Å². The van der Waals surface area contributed by atoms with Gasteiger partial charge in [-0.2, -0.15) is 0 Å². The minimum Gasteiger partial charge on any atom is -0.421 e. The van der Waals surface area contributed by atoms with Crippen LogP contribution < -0.4 is 4.74 Å². The van der Waals surface area contributed by atoms with Crippen LogP contribution in [0.2, 0.25) is 0 Å². The van der Waals surface area contributed by atoms with Crippen LogP contribution in [-0.4, -0.2) is 12.8 Å². The van der Waals surface area contributed by atoms with Crippen LogP contribution in [0.3, 0.4) is 0 Å². The fourth-order valence-electron chi connectivity index (χ4n) is 0.912. The van der Waals surface area contributed by atoms with Gasteiger partial charge >= 0.3 is 6.16 Å². The summed E-state index contributed by atoms with van der Waals surface area (Å²) < 4.78 is 12.2. The van der Waals surface area contributed by atoms with E-state index in [-0.39, 0.29) is 6.61 Å². The van der Waals surface area contributed by atoms with Crippen molar-refractivity contribution in [2.24, 2.45) is 0 Å². The molecule has 0 aliphatic heterocycles. The Balaban J connectivity index is 2.50. The fraction of sp³-hybridized carbons (Fsp3) is 0.182. The Morgan fingerprint density at radius 3 is 2.87 bits per heavy atom. The molecule has 3 nitrogen and oxygen atoms in total. The Kier molecular flexibility index (Phi) is 4.98. The second-order valence-electron chi connectivity index (χ2n) is 2.68. The van der Waals surface area contributed by atoms with Crippen LogP contribution in [0.25, 0.3) is 0 Å². The molecule has 0 aliphatic carbocycles. The molecule has 0 bridgehead atoms. The van der Waals surface area contributed by atoms with E-state index >= 15 is 0 Å². The van der Waals surface area contributed by atoms with Gasteiger partial charge in [0.2, 0.25) is 0 Å². The van der Waals surface area contributed by atoms with Gasteiger partial charge in [0.1, 0.15) is 5.75 Å². The molecule has 0 amide bonds. The molecule has 78 valence electrons. The van der Waals surface area contributed by atoms with E-state index in [1.54, 1.807) is 12.1 Å². The largest absolute Gasteiger partial charge is 0.514 e. The van der Waals surface area contributed by atoms with E-state index in [0.29, 0.717) is 5.75 Å². The molecule has 0 aromatic heterocycles. The van der Waals surface area contributed by atoms with Crippen LogP contribution >= 0.6 is 22.6 Å². The lowest BCUT2D eigenvalue weighted by molar-refractivity contribution is 0.111. The Morgan fingerprint density at radius 1 is 1.47 bits per heavy atom. The number of carbonyl (C=O) groups excluding carboxylic acids is 1. The van der Waals surface area contributed by atoms with Gasteiger partial charge in [-0.25, -0.2) is 4.79 Å². The summed E-state index contributed by atoms with van der Waals surface area (Å²) in [5.41, 5.74) is 0.884. The first-order valence-electron chi connectivity index (χ1n) is 4.23. The summed E-state index contributed by atoms with van der Waals surface area (Å²) in [4.78, 5) is 11.1. The predicted molar refractivity (Wildman–Crippen MR) is 65.0 cm³/mol. The van der Waals surface area contributed by atoms with Crippen LogP contribution in [0.15, 0.2) is 24.3 Å². The first kappa shape index (κ1) is 11.9. The molecule has 0 heterocycles. The van der Waals surface area contributed by atoms with Gasteiger partial charge in [0.05, 0.1) is 0 Å². The highest BCUT2D eigenvalue weighted by atomic mass is 127. The van der Waals surface area contributed by atoms with E-state index in [1.165, 1.54) is 0 Å². The Morgan fingerprint density at radius 2 is 2.20 bits per heavy atom. The number of para-hydroxylation sites is 1. The second kappa shape index (κ2) is 6.30. The zero-order valence-electron chi connectivity index (χ0n) is 8.12. The molecule has 1 aromatic rings. The molecule has 1 aromatic carbocycles. The van der Waals surface area contributed by atoms with Crippen molar-refractivity contribution in [3.05, 3.63) is 29.8 Å². The van der Waals surface area contributed by atoms with Crippen LogP contribution in [0, 0.1) is 16.8 Å². The summed E-state index contributed by atoms with van der Waals surface area (Å²) in [5.74, 6) is 3.10. The van der Waals surface area contributed by atoms with Gasteiger partial charge in [-0.3, -0.25) is 0 Å². The molecule has 0 unspecified atom stereocenters. The van der Waals surface area contributed by atoms with E-state index in [9.17, 15) is 4.79 Å². The lowest BCUT2D eigenvalue weighted by Crippen LogP contribution is -2.11. The fourth-order valence-corrected chi connectivity index (χ4v) is 1.07. The summed E-state index contributed by atoms with van der Waals surface area (Å²) in [5, 5.41) is 0. The van der Waals surface area contributed by atoms with Crippen LogP contribution in [0.4, 0.5) is 4.79 Å². The quantitative estimate of drug-likeness (QED) is 0.364. The molecule has 0 aliphatic rings. The van der Waals surface area contributed by atoms with Crippen molar-refractivity contribution in [1.82, 2.24) is 0 Å². The van der Waals surface area contributed by atoms with Crippen molar-refractivity contribution < 1.29 is 14.3 Å². The number of ether oxygens (including phenoxy) is 2. The number of carbonyl (C=O) groups is 1. The minimum absolute atomic E-state index is 0.0493. The zero-order chi connectivity index (χ0) is 11.1. The average molecular weight is 316 g/mol. The van der Waals surface area contributed by atoms with Gasteiger partial charge < -0.3 is 9.47 Å². The molecule has 4 heteroatoms. The highest BCUT2D eigenvalue weighted by Gasteiger charge is 2.06. The normalized spacial score (nSPS) is 8.67. The third kappa shape index (κ3) is 4.21. The lowest BCUT2D eigenvalue weighted by atomic mass is 10.2. The topological polar surface area (TPSA) is 35.5 Å². The Bertz CT molecular complexity index is 404. The first-order chi connectivity index (χ1) is 7.24. The van der Waals surface area contributed by atoms with Crippen molar-refractivity contribution in [2.45, 2.75) is 6.92 Å². The maximum atomic E-state index is 11.1. The SMILES string of the molecule is Cc1ccccc1OC(=O)OCC#CI. The summed E-state index contributed by atoms with van der Waals surface area (Å²) >= 11 is 1.87. The summed E-state index contributed by atoms with van der Waals surface area (Å²) in [6.45, 7) is 1.90. The highest BCUT2D eigenvalue weighted by Crippen LogP contribution is 2.16. The number of rotatable bonds is 2. The molecular formula is C11H9IO3. The first-order valence-corrected chi connectivity index (χ1v) is 5.30. The maximum Gasteiger partial charge on any atom is 0.514 e. The van der Waals surface area contributed by atoms with Gasteiger partial charge in [0.25, 0.3) is 0 Å². The molecule has 0 fully saturated rings. The van der Waals surface area contributed by atoms with Gasteiger partial charge in [-0.05, 0) is 22.5 Å². The lowest BCUT2D eigenvalue weighted by Gasteiger charge is -2.05. The average Bonchev–Trinajstić information content (AvgIpc) is 2.22.